The van der Waals surface area contributed by atoms with Gasteiger partial charge in [-0.05, 0) is 37.5 Å². The molecule has 2 nitrogen and oxygen atoms in total. The summed E-state index contributed by atoms with van der Waals surface area (Å²) < 4.78 is 0. The Morgan fingerprint density at radius 1 is 1.29 bits per heavy atom. The van der Waals surface area contributed by atoms with Crippen LogP contribution in [0.25, 0.3) is 16.5 Å². The number of hydrogen-bond donors (Lipinski definition) is 1. The van der Waals surface area contributed by atoms with Crippen LogP contribution in [0.15, 0.2) is 66.0 Å². The first-order valence-electron chi connectivity index (χ1n) is 7.24. The van der Waals surface area contributed by atoms with E-state index in [1.54, 1.807) is 0 Å². The molecule has 0 aliphatic carbocycles. The van der Waals surface area contributed by atoms with Crippen molar-refractivity contribution < 1.29 is 0 Å². The molecule has 0 spiro atoms. The van der Waals surface area contributed by atoms with Gasteiger partial charge in [-0.1, -0.05) is 44.4 Å². The van der Waals surface area contributed by atoms with Gasteiger partial charge in [-0.3, -0.25) is 4.99 Å². The second-order valence-electron chi connectivity index (χ2n) is 5.05. The van der Waals surface area contributed by atoms with Crippen molar-refractivity contribution in [1.29, 1.82) is 0 Å². The Bertz CT molecular complexity index is 742. The molecule has 0 fully saturated rings. The van der Waals surface area contributed by atoms with Crippen molar-refractivity contribution in [3.63, 3.8) is 0 Å². The van der Waals surface area contributed by atoms with Crippen molar-refractivity contribution in [2.45, 2.75) is 27.2 Å². The molecule has 0 bridgehead atoms. The molecule has 1 aromatic heterocycles. The average molecular weight is 278 g/mol. The summed E-state index contributed by atoms with van der Waals surface area (Å²) in [6, 6.07) is 8.22. The average Bonchev–Trinajstić information content (AvgIpc) is 2.94. The van der Waals surface area contributed by atoms with Gasteiger partial charge in [-0.25, -0.2) is 0 Å². The van der Waals surface area contributed by atoms with Gasteiger partial charge >= 0.3 is 0 Å². The zero-order valence-electron chi connectivity index (χ0n) is 13.0. The maximum Gasteiger partial charge on any atom is 0.0616 e. The first kappa shape index (κ1) is 15.0. The molecule has 21 heavy (non-hydrogen) atoms. The van der Waals surface area contributed by atoms with Crippen LogP contribution in [0.2, 0.25) is 0 Å². The highest BCUT2D eigenvalue weighted by molar-refractivity contribution is 6.25. The molecule has 0 unspecified atom stereocenters. The monoisotopic (exact) mass is 278 g/mol. The van der Waals surface area contributed by atoms with E-state index in [0.29, 0.717) is 0 Å². The lowest BCUT2D eigenvalue weighted by Crippen LogP contribution is -1.97. The maximum absolute atomic E-state index is 4.69. The summed E-state index contributed by atoms with van der Waals surface area (Å²) in [5.41, 5.74) is 6.06. The van der Waals surface area contributed by atoms with Crippen LogP contribution in [-0.4, -0.2) is 10.7 Å². The van der Waals surface area contributed by atoms with Crippen LogP contribution in [0, 0.1) is 0 Å². The number of aromatic nitrogens is 1. The molecule has 0 aliphatic rings. The van der Waals surface area contributed by atoms with Crippen molar-refractivity contribution >= 4 is 22.2 Å². The predicted molar refractivity (Wildman–Crippen MR) is 93.6 cm³/mol. The third kappa shape index (κ3) is 3.05. The van der Waals surface area contributed by atoms with E-state index in [1.165, 1.54) is 5.39 Å². The molecule has 2 heteroatoms. The fourth-order valence-corrected chi connectivity index (χ4v) is 2.29. The summed E-state index contributed by atoms with van der Waals surface area (Å²) >= 11 is 0. The van der Waals surface area contributed by atoms with Gasteiger partial charge in [-0.2, -0.15) is 0 Å². The number of allylic oxidation sites excluding steroid dienone is 3. The van der Waals surface area contributed by atoms with Gasteiger partial charge in [0.2, 0.25) is 0 Å². The molecule has 0 amide bonds. The van der Waals surface area contributed by atoms with Gasteiger partial charge in [0.05, 0.1) is 5.70 Å². The second-order valence-corrected chi connectivity index (χ2v) is 5.05. The van der Waals surface area contributed by atoms with E-state index in [4.69, 9.17) is 4.99 Å². The number of nitrogens with zero attached hydrogens (tertiary/aromatic N) is 1. The number of rotatable bonds is 5. The van der Waals surface area contributed by atoms with Crippen LogP contribution in [0.5, 0.6) is 0 Å². The van der Waals surface area contributed by atoms with E-state index in [0.717, 1.165) is 40.1 Å². The summed E-state index contributed by atoms with van der Waals surface area (Å²) in [5, 5.41) is 1.17. The van der Waals surface area contributed by atoms with Crippen LogP contribution >= 0.6 is 0 Å². The van der Waals surface area contributed by atoms with Gasteiger partial charge in [0.25, 0.3) is 0 Å². The number of benzene rings is 1. The number of fused-ring (bicyclic) bond motifs is 1. The van der Waals surface area contributed by atoms with Gasteiger partial charge in [0.15, 0.2) is 0 Å². The molecule has 108 valence electrons. The molecule has 1 heterocycles. The van der Waals surface area contributed by atoms with Gasteiger partial charge in [0.1, 0.15) is 0 Å². The fraction of sp³-hybridized carbons (Fsp3) is 0.211. The minimum Gasteiger partial charge on any atom is -0.361 e. The van der Waals surface area contributed by atoms with E-state index < -0.39 is 0 Å². The molecule has 1 N–H and O–H groups in total. The molecule has 0 aliphatic heterocycles. The van der Waals surface area contributed by atoms with Crippen LogP contribution < -0.4 is 0 Å². The molecule has 2 rings (SSSR count). The van der Waals surface area contributed by atoms with Gasteiger partial charge in [0, 0.05) is 28.4 Å². The van der Waals surface area contributed by atoms with Crippen molar-refractivity contribution in [3.8, 4) is 0 Å². The molecular weight excluding hydrogens is 256 g/mol. The Kier molecular flexibility index (Phi) is 4.59. The molecular formula is C19H22N2. The van der Waals surface area contributed by atoms with Crippen molar-refractivity contribution in [2.75, 3.05) is 0 Å². The lowest BCUT2D eigenvalue weighted by atomic mass is 10.0. The quantitative estimate of drug-likeness (QED) is 0.551. The smallest absolute Gasteiger partial charge is 0.0616 e. The normalized spacial score (nSPS) is 12.7. The molecule has 0 radical (unpaired) electrons. The van der Waals surface area contributed by atoms with E-state index >= 15 is 0 Å². The van der Waals surface area contributed by atoms with E-state index in [-0.39, 0.29) is 0 Å². The van der Waals surface area contributed by atoms with Crippen molar-refractivity contribution in [3.05, 3.63) is 66.5 Å². The first-order chi connectivity index (χ1) is 10.1. The topological polar surface area (TPSA) is 28.1 Å². The van der Waals surface area contributed by atoms with Crippen LogP contribution in [0.1, 0.15) is 32.8 Å². The molecule has 1 aromatic carbocycles. The molecule has 0 atom stereocenters. The summed E-state index contributed by atoms with van der Waals surface area (Å²) in [5.74, 6) is 0. The van der Waals surface area contributed by atoms with E-state index in [1.807, 2.05) is 38.3 Å². The van der Waals surface area contributed by atoms with Gasteiger partial charge < -0.3 is 4.98 Å². The molecule has 0 saturated carbocycles. The van der Waals surface area contributed by atoms with Crippen LogP contribution in [0.4, 0.5) is 0 Å². The van der Waals surface area contributed by atoms with Crippen LogP contribution in [0.3, 0.4) is 0 Å². The number of para-hydroxylation sites is 1. The number of nitrogens with one attached hydrogen (secondary N) is 1. The third-order valence-corrected chi connectivity index (χ3v) is 3.70. The number of aliphatic imine (C=N–C) groups is 1. The maximum atomic E-state index is 4.69. The molecule has 2 aromatic rings. The Morgan fingerprint density at radius 2 is 2.00 bits per heavy atom. The Morgan fingerprint density at radius 3 is 2.67 bits per heavy atom. The number of aromatic amines is 1. The highest BCUT2D eigenvalue weighted by Crippen LogP contribution is 2.25. The standard InChI is InChI=1S/C19H22N2/c1-6-13(3)18(7-2)21-15(5)14(4)17-12-20-19-11-9-8-10-16(17)19/h7-12,20H,3-4,6H2,1-2,5H3/b18-7-,21-15+. The second kappa shape index (κ2) is 6.40. The Balaban J connectivity index is 2.37. The Hall–Kier alpha value is -2.35. The highest BCUT2D eigenvalue weighted by atomic mass is 14.8. The lowest BCUT2D eigenvalue weighted by molar-refractivity contribution is 1.09. The highest BCUT2D eigenvalue weighted by Gasteiger charge is 2.09. The number of hydrogen-bond acceptors (Lipinski definition) is 1. The largest absolute Gasteiger partial charge is 0.361 e. The van der Waals surface area contributed by atoms with Gasteiger partial charge in [-0.15, -0.1) is 0 Å². The summed E-state index contributed by atoms with van der Waals surface area (Å²) in [7, 11) is 0. The van der Waals surface area contributed by atoms with Crippen molar-refractivity contribution in [2.24, 2.45) is 4.99 Å². The lowest BCUT2D eigenvalue weighted by Gasteiger charge is -2.08. The SMILES string of the molecule is C=C(CC)C(=C/C)/N=C(\C)C(=C)c1c[nH]c2ccccc12. The third-order valence-electron chi connectivity index (χ3n) is 3.70. The zero-order valence-corrected chi connectivity index (χ0v) is 13.0. The zero-order chi connectivity index (χ0) is 15.4. The molecule has 0 saturated heterocycles. The Labute approximate surface area is 126 Å². The summed E-state index contributed by atoms with van der Waals surface area (Å²) in [6.45, 7) is 14.3. The first-order valence-corrected chi connectivity index (χ1v) is 7.24. The number of H-pyrrole nitrogens is 1. The predicted octanol–water partition coefficient (Wildman–Crippen LogP) is 5.51. The van der Waals surface area contributed by atoms with Crippen LogP contribution in [-0.2, 0) is 0 Å². The minimum atomic E-state index is 0.899. The minimum absolute atomic E-state index is 0.899. The fourth-order valence-electron chi connectivity index (χ4n) is 2.29. The van der Waals surface area contributed by atoms with E-state index in [2.05, 4.69) is 37.2 Å². The summed E-state index contributed by atoms with van der Waals surface area (Å²) in [4.78, 5) is 7.97. The van der Waals surface area contributed by atoms with Crippen molar-refractivity contribution in [1.82, 2.24) is 4.98 Å². The summed E-state index contributed by atoms with van der Waals surface area (Å²) in [6.07, 6.45) is 4.89. The van der Waals surface area contributed by atoms with E-state index in [9.17, 15) is 0 Å².